The number of hydrogen-bond donors (Lipinski definition) is 0. The standard InChI is InChI=1S/C42H25NO2S/c1-2-9-26(10-3-1)27-17-19-33-37(23-27)44-35-14-6-4-12-31(35)42(33)32-13-5-7-15-36(32)45-38-24-28(18-20-34(38)42)29-11-8-16-39-41(29)30-21-22-43-25-40(30)46-39/h1-25H. The molecule has 46 heavy (non-hydrogen) atoms. The largest absolute Gasteiger partial charge is 0.457 e. The van der Waals surface area contributed by atoms with Crippen molar-refractivity contribution in [3.63, 3.8) is 0 Å². The molecule has 3 nitrogen and oxygen atoms in total. The molecule has 1 unspecified atom stereocenters. The molecule has 4 heteroatoms. The normalized spacial score (nSPS) is 15.8. The predicted molar refractivity (Wildman–Crippen MR) is 186 cm³/mol. The van der Waals surface area contributed by atoms with E-state index in [0.717, 1.165) is 61.9 Å². The van der Waals surface area contributed by atoms with Gasteiger partial charge in [0.05, 0.1) is 10.1 Å². The number of hydrogen-bond acceptors (Lipinski definition) is 4. The second-order valence-electron chi connectivity index (χ2n) is 11.9. The fraction of sp³-hybridized carbons (Fsp3) is 0.0238. The summed E-state index contributed by atoms with van der Waals surface area (Å²) >= 11 is 1.78. The lowest BCUT2D eigenvalue weighted by molar-refractivity contribution is 0.399. The van der Waals surface area contributed by atoms with Crippen LogP contribution in [0.2, 0.25) is 0 Å². The van der Waals surface area contributed by atoms with Gasteiger partial charge in [0.2, 0.25) is 0 Å². The van der Waals surface area contributed by atoms with Crippen LogP contribution in [0.1, 0.15) is 22.3 Å². The molecule has 1 atom stereocenters. The van der Waals surface area contributed by atoms with Crippen LogP contribution in [0, 0.1) is 0 Å². The summed E-state index contributed by atoms with van der Waals surface area (Å²) in [6.45, 7) is 0. The van der Waals surface area contributed by atoms with E-state index < -0.39 is 5.41 Å². The third kappa shape index (κ3) is 3.50. The quantitative estimate of drug-likeness (QED) is 0.196. The Morgan fingerprint density at radius 1 is 0.478 bits per heavy atom. The summed E-state index contributed by atoms with van der Waals surface area (Å²) in [7, 11) is 0. The van der Waals surface area contributed by atoms with Crippen LogP contribution in [0.25, 0.3) is 42.4 Å². The van der Waals surface area contributed by atoms with E-state index in [9.17, 15) is 0 Å². The molecule has 4 heterocycles. The first-order chi connectivity index (χ1) is 22.8. The van der Waals surface area contributed by atoms with Crippen molar-refractivity contribution in [3.05, 3.63) is 174 Å². The van der Waals surface area contributed by atoms with Crippen molar-refractivity contribution in [1.82, 2.24) is 4.98 Å². The number of para-hydroxylation sites is 2. The highest BCUT2D eigenvalue weighted by Crippen LogP contribution is 2.62. The molecular formula is C42H25NO2S. The summed E-state index contributed by atoms with van der Waals surface area (Å²) in [5.41, 5.74) is 8.39. The maximum atomic E-state index is 6.82. The topological polar surface area (TPSA) is 31.4 Å². The Kier molecular flexibility index (Phi) is 5.37. The first kappa shape index (κ1) is 25.6. The Labute approximate surface area is 270 Å². The molecule has 0 radical (unpaired) electrons. The van der Waals surface area contributed by atoms with Crippen molar-refractivity contribution in [2.45, 2.75) is 5.41 Å². The van der Waals surface area contributed by atoms with Gasteiger partial charge < -0.3 is 9.47 Å². The van der Waals surface area contributed by atoms with Gasteiger partial charge in [0.25, 0.3) is 0 Å². The Hall–Kier alpha value is -5.71. The monoisotopic (exact) mass is 607 g/mol. The van der Waals surface area contributed by atoms with Gasteiger partial charge in [0.1, 0.15) is 23.0 Å². The molecule has 0 bridgehead atoms. The van der Waals surface area contributed by atoms with Gasteiger partial charge in [-0.25, -0.2) is 0 Å². The summed E-state index contributed by atoms with van der Waals surface area (Å²) in [5, 5.41) is 2.48. The third-order valence-electron chi connectivity index (χ3n) is 9.51. The maximum Gasteiger partial charge on any atom is 0.132 e. The molecule has 0 aliphatic carbocycles. The van der Waals surface area contributed by atoms with Gasteiger partial charge in [0.15, 0.2) is 0 Å². The molecule has 0 amide bonds. The van der Waals surface area contributed by atoms with Crippen LogP contribution in [-0.4, -0.2) is 4.98 Å². The zero-order valence-electron chi connectivity index (χ0n) is 24.6. The molecule has 6 aromatic carbocycles. The van der Waals surface area contributed by atoms with Crippen LogP contribution < -0.4 is 9.47 Å². The molecule has 1 spiro atoms. The maximum absolute atomic E-state index is 6.82. The molecule has 2 aromatic heterocycles. The predicted octanol–water partition coefficient (Wildman–Crippen LogP) is 11.4. The number of pyridine rings is 1. The minimum atomic E-state index is -0.630. The molecule has 2 aliphatic rings. The molecule has 8 aromatic rings. The van der Waals surface area contributed by atoms with Crippen LogP contribution in [0.5, 0.6) is 23.0 Å². The number of benzene rings is 6. The number of thiophene rings is 1. The highest BCUT2D eigenvalue weighted by Gasteiger charge is 2.50. The number of nitrogens with zero attached hydrogens (tertiary/aromatic N) is 1. The summed E-state index contributed by atoms with van der Waals surface area (Å²) < 4.78 is 16.0. The summed E-state index contributed by atoms with van der Waals surface area (Å²) in [6, 6.07) is 49.5. The van der Waals surface area contributed by atoms with E-state index >= 15 is 0 Å². The SMILES string of the molecule is c1ccc(-c2ccc3c(c2)Oc2ccccc2C32c3ccccc3Oc3cc(-c4cccc5sc6cnccc6c45)ccc32)cc1. The lowest BCUT2D eigenvalue weighted by atomic mass is 9.62. The van der Waals surface area contributed by atoms with Gasteiger partial charge in [-0.2, -0.15) is 0 Å². The Morgan fingerprint density at radius 2 is 1.11 bits per heavy atom. The van der Waals surface area contributed by atoms with Gasteiger partial charge in [-0.1, -0.05) is 103 Å². The number of rotatable bonds is 2. The zero-order chi connectivity index (χ0) is 30.2. The van der Waals surface area contributed by atoms with Gasteiger partial charge in [0, 0.05) is 50.1 Å². The molecule has 0 saturated heterocycles. The molecule has 216 valence electrons. The Morgan fingerprint density at radius 3 is 1.85 bits per heavy atom. The zero-order valence-corrected chi connectivity index (χ0v) is 25.4. The van der Waals surface area contributed by atoms with E-state index in [1.165, 1.54) is 25.7 Å². The Bertz CT molecular complexity index is 2490. The number of ether oxygens (including phenoxy) is 2. The van der Waals surface area contributed by atoms with E-state index in [4.69, 9.17) is 9.47 Å². The first-order valence-electron chi connectivity index (χ1n) is 15.4. The fourth-order valence-corrected chi connectivity index (χ4v) is 8.67. The fourth-order valence-electron chi connectivity index (χ4n) is 7.57. The van der Waals surface area contributed by atoms with Crippen LogP contribution in [-0.2, 0) is 5.41 Å². The highest BCUT2D eigenvalue weighted by atomic mass is 32.1. The van der Waals surface area contributed by atoms with E-state index in [0.29, 0.717) is 0 Å². The van der Waals surface area contributed by atoms with Crippen molar-refractivity contribution in [2.24, 2.45) is 0 Å². The summed E-state index contributed by atoms with van der Waals surface area (Å²) in [6.07, 6.45) is 3.84. The second kappa shape index (κ2) is 9.64. The Balaban J connectivity index is 1.25. The lowest BCUT2D eigenvalue weighted by Gasteiger charge is -2.45. The molecule has 0 fully saturated rings. The molecule has 0 saturated carbocycles. The summed E-state index contributed by atoms with van der Waals surface area (Å²) in [4.78, 5) is 4.38. The van der Waals surface area contributed by atoms with Crippen LogP contribution in [0.3, 0.4) is 0 Å². The van der Waals surface area contributed by atoms with Crippen LogP contribution in [0.4, 0.5) is 0 Å². The van der Waals surface area contributed by atoms with Gasteiger partial charge >= 0.3 is 0 Å². The van der Waals surface area contributed by atoms with Crippen molar-refractivity contribution in [3.8, 4) is 45.3 Å². The van der Waals surface area contributed by atoms with Crippen molar-refractivity contribution in [1.29, 1.82) is 0 Å². The van der Waals surface area contributed by atoms with E-state index in [1.54, 1.807) is 11.3 Å². The molecule has 0 N–H and O–H groups in total. The molecule has 10 rings (SSSR count). The second-order valence-corrected chi connectivity index (χ2v) is 13.0. The molecular weight excluding hydrogens is 583 g/mol. The minimum absolute atomic E-state index is 0.630. The smallest absolute Gasteiger partial charge is 0.132 e. The average Bonchev–Trinajstić information content (AvgIpc) is 3.50. The first-order valence-corrected chi connectivity index (χ1v) is 16.3. The van der Waals surface area contributed by atoms with Gasteiger partial charge in [-0.05, 0) is 58.7 Å². The molecule has 2 aliphatic heterocycles. The van der Waals surface area contributed by atoms with Crippen LogP contribution in [0.15, 0.2) is 152 Å². The average molecular weight is 608 g/mol. The van der Waals surface area contributed by atoms with E-state index in [2.05, 4.69) is 138 Å². The highest BCUT2D eigenvalue weighted by molar-refractivity contribution is 7.25. The van der Waals surface area contributed by atoms with Gasteiger partial charge in [-0.3, -0.25) is 4.98 Å². The van der Waals surface area contributed by atoms with E-state index in [1.807, 2.05) is 18.5 Å². The van der Waals surface area contributed by atoms with Crippen molar-refractivity contribution in [2.75, 3.05) is 0 Å². The van der Waals surface area contributed by atoms with Crippen molar-refractivity contribution < 1.29 is 9.47 Å². The lowest BCUT2D eigenvalue weighted by Crippen LogP contribution is -2.36. The minimum Gasteiger partial charge on any atom is -0.457 e. The van der Waals surface area contributed by atoms with Gasteiger partial charge in [-0.15, -0.1) is 11.3 Å². The van der Waals surface area contributed by atoms with E-state index in [-0.39, 0.29) is 0 Å². The van der Waals surface area contributed by atoms with Crippen molar-refractivity contribution >= 4 is 31.5 Å². The third-order valence-corrected chi connectivity index (χ3v) is 10.6. The number of fused-ring (bicyclic) bond motifs is 11. The number of aromatic nitrogens is 1. The van der Waals surface area contributed by atoms with Crippen LogP contribution >= 0.6 is 11.3 Å². The summed E-state index contributed by atoms with van der Waals surface area (Å²) in [5.74, 6) is 3.42.